The number of hydrogen-bond acceptors (Lipinski definition) is 4. The van der Waals surface area contributed by atoms with E-state index in [9.17, 15) is 4.79 Å². The molecular weight excluding hydrogens is 282 g/mol. The Morgan fingerprint density at radius 1 is 1.50 bits per heavy atom. The van der Waals surface area contributed by atoms with Gasteiger partial charge in [0.15, 0.2) is 0 Å². The molecule has 0 unspecified atom stereocenters. The van der Waals surface area contributed by atoms with E-state index in [0.29, 0.717) is 13.2 Å². The highest BCUT2D eigenvalue weighted by molar-refractivity contribution is 5.79. The number of amides is 1. The van der Waals surface area contributed by atoms with Crippen molar-refractivity contribution >= 4 is 5.91 Å². The molecule has 22 heavy (non-hydrogen) atoms. The van der Waals surface area contributed by atoms with Crippen molar-refractivity contribution in [3.05, 3.63) is 36.4 Å². The Hall–Kier alpha value is -2.15. The summed E-state index contributed by atoms with van der Waals surface area (Å²) in [5, 5.41) is 2.98. The van der Waals surface area contributed by atoms with Crippen molar-refractivity contribution < 1.29 is 9.53 Å². The van der Waals surface area contributed by atoms with Gasteiger partial charge in [-0.3, -0.25) is 4.79 Å². The van der Waals surface area contributed by atoms with Crippen LogP contribution in [0.1, 0.15) is 37.5 Å². The first-order valence-corrected chi connectivity index (χ1v) is 7.68. The lowest BCUT2D eigenvalue weighted by atomic mass is 9.93. The summed E-state index contributed by atoms with van der Waals surface area (Å²) in [5.41, 5.74) is 0. The quantitative estimate of drug-likeness (QED) is 0.874. The molecule has 0 saturated carbocycles. The Morgan fingerprint density at radius 3 is 3.18 bits per heavy atom. The maximum absolute atomic E-state index is 12.5. The molecule has 7 nitrogen and oxygen atoms in total. The monoisotopic (exact) mass is 303 g/mol. The second-order valence-corrected chi connectivity index (χ2v) is 5.36. The molecule has 3 heterocycles. The summed E-state index contributed by atoms with van der Waals surface area (Å²) < 4.78 is 7.78. The van der Waals surface area contributed by atoms with Gasteiger partial charge in [-0.2, -0.15) is 0 Å². The molecule has 0 spiro atoms. The van der Waals surface area contributed by atoms with Gasteiger partial charge in [-0.25, -0.2) is 9.97 Å². The minimum atomic E-state index is -0.297. The maximum Gasteiger partial charge on any atom is 0.226 e. The Bertz CT molecular complexity index is 607. The fourth-order valence-corrected chi connectivity index (χ4v) is 2.84. The minimum absolute atomic E-state index is 0.00764. The average Bonchev–Trinajstić information content (AvgIpc) is 3.23. The van der Waals surface area contributed by atoms with E-state index in [4.69, 9.17) is 4.74 Å². The number of aromatic amines is 1. The number of carbonyl (C=O) groups is 1. The molecular formula is C15H21N5O2. The summed E-state index contributed by atoms with van der Waals surface area (Å²) in [4.78, 5) is 24.1. The van der Waals surface area contributed by atoms with Crippen LogP contribution >= 0.6 is 0 Å². The van der Waals surface area contributed by atoms with Crippen molar-refractivity contribution in [2.45, 2.75) is 39.0 Å². The second-order valence-electron chi connectivity index (χ2n) is 5.36. The van der Waals surface area contributed by atoms with E-state index in [0.717, 1.165) is 31.0 Å². The lowest BCUT2D eigenvalue weighted by molar-refractivity contribution is -0.135. The summed E-state index contributed by atoms with van der Waals surface area (Å²) in [6.45, 7) is 3.98. The Kier molecular flexibility index (Phi) is 4.53. The topological polar surface area (TPSA) is 84.8 Å². The Balaban J connectivity index is 1.65. The van der Waals surface area contributed by atoms with E-state index in [-0.39, 0.29) is 17.9 Å². The number of carbonyl (C=O) groups excluding carboxylic acids is 1. The minimum Gasteiger partial charge on any atom is -0.369 e. The third-order valence-electron chi connectivity index (χ3n) is 4.01. The van der Waals surface area contributed by atoms with E-state index in [1.165, 1.54) is 0 Å². The molecule has 2 atom stereocenters. The third-order valence-corrected chi connectivity index (χ3v) is 4.01. The van der Waals surface area contributed by atoms with Crippen molar-refractivity contribution in [1.29, 1.82) is 0 Å². The number of rotatable bonds is 5. The van der Waals surface area contributed by atoms with Crippen molar-refractivity contribution in [2.24, 2.45) is 5.92 Å². The SMILES string of the molecule is CCn1ccnc1CNC(=O)[C@@H]1CCCO[C@H]1c1ncc[nH]1. The highest BCUT2D eigenvalue weighted by atomic mass is 16.5. The molecule has 1 fully saturated rings. The maximum atomic E-state index is 12.5. The van der Waals surface area contributed by atoms with Gasteiger partial charge in [0.25, 0.3) is 0 Å². The zero-order chi connectivity index (χ0) is 15.4. The van der Waals surface area contributed by atoms with Crippen LogP contribution < -0.4 is 5.32 Å². The number of aromatic nitrogens is 4. The fraction of sp³-hybridized carbons (Fsp3) is 0.533. The van der Waals surface area contributed by atoms with Crippen LogP contribution in [0.5, 0.6) is 0 Å². The smallest absolute Gasteiger partial charge is 0.226 e. The molecule has 3 rings (SSSR count). The predicted octanol–water partition coefficient (Wildman–Crippen LogP) is 1.41. The van der Waals surface area contributed by atoms with E-state index in [1.807, 2.05) is 10.8 Å². The van der Waals surface area contributed by atoms with Crippen LogP contribution in [-0.2, 0) is 22.6 Å². The first kappa shape index (κ1) is 14.8. The van der Waals surface area contributed by atoms with Gasteiger partial charge in [0.2, 0.25) is 5.91 Å². The number of nitrogens with zero attached hydrogens (tertiary/aromatic N) is 3. The standard InChI is InChI=1S/C15H21N5O2/c1-2-20-8-7-16-12(20)10-19-15(21)11-4-3-9-22-13(11)14-17-5-6-18-14/h5-8,11,13H,2-4,9-10H2,1H3,(H,17,18)(H,19,21)/t11-,13-/m1/s1. The molecule has 1 saturated heterocycles. The lowest BCUT2D eigenvalue weighted by Crippen LogP contribution is -2.38. The Morgan fingerprint density at radius 2 is 2.41 bits per heavy atom. The van der Waals surface area contributed by atoms with Crippen molar-refractivity contribution in [3.63, 3.8) is 0 Å². The van der Waals surface area contributed by atoms with Crippen LogP contribution in [-0.4, -0.2) is 32.0 Å². The second kappa shape index (κ2) is 6.74. The van der Waals surface area contributed by atoms with Crippen LogP contribution in [0, 0.1) is 5.92 Å². The van der Waals surface area contributed by atoms with Crippen molar-refractivity contribution in [1.82, 2.24) is 24.8 Å². The van der Waals surface area contributed by atoms with Gasteiger partial charge in [-0.05, 0) is 19.8 Å². The molecule has 1 amide bonds. The molecule has 1 aliphatic heterocycles. The van der Waals surface area contributed by atoms with Gasteiger partial charge < -0.3 is 19.6 Å². The molecule has 118 valence electrons. The summed E-state index contributed by atoms with van der Waals surface area (Å²) in [5.74, 6) is 1.36. The number of ether oxygens (including phenoxy) is 1. The van der Waals surface area contributed by atoms with Gasteiger partial charge in [0, 0.05) is 37.9 Å². The van der Waals surface area contributed by atoms with E-state index < -0.39 is 0 Å². The molecule has 0 aromatic carbocycles. The van der Waals surface area contributed by atoms with Gasteiger partial charge in [-0.1, -0.05) is 0 Å². The largest absolute Gasteiger partial charge is 0.369 e. The van der Waals surface area contributed by atoms with Gasteiger partial charge in [0.1, 0.15) is 17.8 Å². The van der Waals surface area contributed by atoms with Crippen LogP contribution in [0.4, 0.5) is 0 Å². The number of H-pyrrole nitrogens is 1. The molecule has 7 heteroatoms. The molecule has 2 aromatic rings. The first-order valence-electron chi connectivity index (χ1n) is 7.68. The summed E-state index contributed by atoms with van der Waals surface area (Å²) in [7, 11) is 0. The molecule has 1 aliphatic rings. The zero-order valence-corrected chi connectivity index (χ0v) is 12.7. The van der Waals surface area contributed by atoms with Crippen LogP contribution in [0.3, 0.4) is 0 Å². The number of nitrogens with one attached hydrogen (secondary N) is 2. The number of hydrogen-bond donors (Lipinski definition) is 2. The normalized spacial score (nSPS) is 21.7. The van der Waals surface area contributed by atoms with Crippen molar-refractivity contribution in [2.75, 3.05) is 6.61 Å². The van der Waals surface area contributed by atoms with E-state index >= 15 is 0 Å². The fourth-order valence-electron chi connectivity index (χ4n) is 2.84. The van der Waals surface area contributed by atoms with Gasteiger partial charge in [-0.15, -0.1) is 0 Å². The van der Waals surface area contributed by atoms with Gasteiger partial charge >= 0.3 is 0 Å². The predicted molar refractivity (Wildman–Crippen MR) is 79.8 cm³/mol. The molecule has 0 aliphatic carbocycles. The highest BCUT2D eigenvalue weighted by Crippen LogP contribution is 2.31. The Labute approximate surface area is 129 Å². The average molecular weight is 303 g/mol. The summed E-state index contributed by atoms with van der Waals surface area (Å²) in [6.07, 6.45) is 8.49. The highest BCUT2D eigenvalue weighted by Gasteiger charge is 2.34. The zero-order valence-electron chi connectivity index (χ0n) is 12.7. The molecule has 2 aromatic heterocycles. The van der Waals surface area contributed by atoms with E-state index in [2.05, 4.69) is 27.2 Å². The first-order chi connectivity index (χ1) is 10.8. The summed E-state index contributed by atoms with van der Waals surface area (Å²) >= 11 is 0. The van der Waals surface area contributed by atoms with E-state index in [1.54, 1.807) is 18.6 Å². The molecule has 0 bridgehead atoms. The number of aryl methyl sites for hydroxylation is 1. The van der Waals surface area contributed by atoms with Crippen molar-refractivity contribution in [3.8, 4) is 0 Å². The third kappa shape index (κ3) is 3.04. The molecule has 2 N–H and O–H groups in total. The number of imidazole rings is 2. The van der Waals surface area contributed by atoms with Gasteiger partial charge in [0.05, 0.1) is 12.5 Å². The van der Waals surface area contributed by atoms with Crippen LogP contribution in [0.15, 0.2) is 24.8 Å². The molecule has 0 radical (unpaired) electrons. The summed E-state index contributed by atoms with van der Waals surface area (Å²) in [6, 6.07) is 0. The lowest BCUT2D eigenvalue weighted by Gasteiger charge is -2.29. The van der Waals surface area contributed by atoms with Crippen LogP contribution in [0.25, 0.3) is 0 Å². The van der Waals surface area contributed by atoms with Crippen LogP contribution in [0.2, 0.25) is 0 Å².